The number of amides is 3. The molecule has 1 aromatic carbocycles. The lowest BCUT2D eigenvalue weighted by Crippen LogP contribution is -2.28. The van der Waals surface area contributed by atoms with Gasteiger partial charge in [0.2, 0.25) is 11.0 Å². The molecule has 2 aromatic rings. The second-order valence-corrected chi connectivity index (χ2v) is 6.19. The Bertz CT molecular complexity index is 717. The maximum atomic E-state index is 12.1. The molecule has 0 unspecified atom stereocenters. The highest BCUT2D eigenvalue weighted by atomic mass is 32.2. The maximum Gasteiger partial charge on any atom is 0.289 e. The van der Waals surface area contributed by atoms with E-state index in [0.717, 1.165) is 11.8 Å². The molecule has 0 bridgehead atoms. The van der Waals surface area contributed by atoms with Gasteiger partial charge in [-0.3, -0.25) is 24.6 Å². The minimum Gasteiger partial charge on any atom is -0.296 e. The van der Waals surface area contributed by atoms with Crippen LogP contribution in [0, 0.1) is 0 Å². The van der Waals surface area contributed by atoms with Gasteiger partial charge >= 0.3 is 0 Å². The number of rotatable bonds is 4. The van der Waals surface area contributed by atoms with Crippen LogP contribution in [0.2, 0.25) is 0 Å². The summed E-state index contributed by atoms with van der Waals surface area (Å²) in [5, 5.41) is 10.2. The Labute approximate surface area is 133 Å². The van der Waals surface area contributed by atoms with Crippen molar-refractivity contribution >= 4 is 45.3 Å². The minimum absolute atomic E-state index is 0.171. The van der Waals surface area contributed by atoms with Gasteiger partial charge in [-0.2, -0.15) is 0 Å². The number of hydrogen-bond donors (Lipinski definition) is 1. The van der Waals surface area contributed by atoms with E-state index < -0.39 is 0 Å². The van der Waals surface area contributed by atoms with Crippen LogP contribution in [0.25, 0.3) is 0 Å². The first-order valence-corrected chi connectivity index (χ1v) is 8.13. The van der Waals surface area contributed by atoms with Crippen molar-refractivity contribution in [3.05, 3.63) is 40.9 Å². The number of thioether (sulfide) groups is 1. The largest absolute Gasteiger partial charge is 0.296 e. The summed E-state index contributed by atoms with van der Waals surface area (Å²) in [4.78, 5) is 36.5. The molecule has 112 valence electrons. The van der Waals surface area contributed by atoms with Crippen LogP contribution in [-0.2, 0) is 11.3 Å². The molecule has 9 heteroatoms. The fourth-order valence-corrected chi connectivity index (χ4v) is 3.09. The molecule has 1 N–H and O–H groups in total. The molecular formula is C13H10N4O3S2. The molecule has 22 heavy (non-hydrogen) atoms. The van der Waals surface area contributed by atoms with Crippen LogP contribution in [-0.4, -0.2) is 37.9 Å². The van der Waals surface area contributed by atoms with Gasteiger partial charge in [0.05, 0.1) is 12.3 Å². The number of carbonyl (C=O) groups excluding carboxylic acids is 3. The summed E-state index contributed by atoms with van der Waals surface area (Å²) in [5.41, 5.74) is 2.67. The second-order valence-electron chi connectivity index (χ2n) is 4.43. The number of carbonyl (C=O) groups is 3. The van der Waals surface area contributed by atoms with Crippen LogP contribution in [0.3, 0.4) is 0 Å². The van der Waals surface area contributed by atoms with Gasteiger partial charge in [0.15, 0.2) is 0 Å². The summed E-state index contributed by atoms with van der Waals surface area (Å²) in [7, 11) is 0. The van der Waals surface area contributed by atoms with Crippen molar-refractivity contribution < 1.29 is 14.4 Å². The van der Waals surface area contributed by atoms with Crippen molar-refractivity contribution in [2.45, 2.75) is 6.54 Å². The fourth-order valence-electron chi connectivity index (χ4n) is 1.92. The Morgan fingerprint density at radius 1 is 1.36 bits per heavy atom. The predicted molar refractivity (Wildman–Crippen MR) is 82.7 cm³/mol. The number of aromatic nitrogens is 2. The van der Waals surface area contributed by atoms with Crippen LogP contribution >= 0.6 is 23.1 Å². The fraction of sp³-hybridized carbons (Fsp3) is 0.154. The third-order valence-corrected chi connectivity index (χ3v) is 4.42. The van der Waals surface area contributed by atoms with E-state index in [4.69, 9.17) is 0 Å². The summed E-state index contributed by atoms with van der Waals surface area (Å²) < 4.78 is 0. The van der Waals surface area contributed by atoms with Crippen molar-refractivity contribution in [2.24, 2.45) is 0 Å². The van der Waals surface area contributed by atoms with Crippen molar-refractivity contribution in [2.75, 3.05) is 11.1 Å². The quantitative estimate of drug-likeness (QED) is 0.919. The summed E-state index contributed by atoms with van der Waals surface area (Å²) in [6.07, 6.45) is 0. The Morgan fingerprint density at radius 3 is 2.91 bits per heavy atom. The maximum absolute atomic E-state index is 12.1. The molecular weight excluding hydrogens is 324 g/mol. The SMILES string of the molecule is O=C(Nc1nncs1)c1cccc(CN2C(=O)CSC2=O)c1. The number of anilines is 1. The zero-order valence-corrected chi connectivity index (χ0v) is 12.8. The normalized spacial score (nSPS) is 14.5. The lowest BCUT2D eigenvalue weighted by molar-refractivity contribution is -0.125. The van der Waals surface area contributed by atoms with Gasteiger partial charge < -0.3 is 0 Å². The van der Waals surface area contributed by atoms with E-state index in [9.17, 15) is 14.4 Å². The molecule has 1 aromatic heterocycles. The van der Waals surface area contributed by atoms with Crippen molar-refractivity contribution in [1.82, 2.24) is 15.1 Å². The predicted octanol–water partition coefficient (Wildman–Crippen LogP) is 1.99. The molecule has 0 atom stereocenters. The first-order valence-electron chi connectivity index (χ1n) is 6.27. The molecule has 3 rings (SSSR count). The van der Waals surface area contributed by atoms with Crippen molar-refractivity contribution in [3.8, 4) is 0 Å². The van der Waals surface area contributed by atoms with Crippen LogP contribution in [0.15, 0.2) is 29.8 Å². The highest BCUT2D eigenvalue weighted by Crippen LogP contribution is 2.21. The Kier molecular flexibility index (Phi) is 4.16. The third-order valence-electron chi connectivity index (χ3n) is 2.95. The molecule has 1 aliphatic rings. The number of benzene rings is 1. The van der Waals surface area contributed by atoms with Gasteiger partial charge in [-0.1, -0.05) is 35.2 Å². The van der Waals surface area contributed by atoms with Gasteiger partial charge in [-0.05, 0) is 17.7 Å². The monoisotopic (exact) mass is 334 g/mol. The summed E-state index contributed by atoms with van der Waals surface area (Å²) in [6.45, 7) is 0.171. The third kappa shape index (κ3) is 3.15. The zero-order valence-electron chi connectivity index (χ0n) is 11.2. The summed E-state index contributed by atoms with van der Waals surface area (Å²) >= 11 is 2.21. The Balaban J connectivity index is 1.73. The molecule has 1 fully saturated rings. The average molecular weight is 334 g/mol. The molecule has 7 nitrogen and oxygen atoms in total. The summed E-state index contributed by atoms with van der Waals surface area (Å²) in [6, 6.07) is 6.79. The van der Waals surface area contributed by atoms with Gasteiger partial charge in [0.1, 0.15) is 5.51 Å². The van der Waals surface area contributed by atoms with Gasteiger partial charge in [-0.15, -0.1) is 10.2 Å². The standard InChI is InChI=1S/C13H10N4O3S2/c18-10-6-21-13(20)17(10)5-8-2-1-3-9(4-8)11(19)15-12-16-14-7-22-12/h1-4,7H,5-6H2,(H,15,16,19). The van der Waals surface area contributed by atoms with E-state index in [2.05, 4.69) is 15.5 Å². The number of imide groups is 1. The highest BCUT2D eigenvalue weighted by Gasteiger charge is 2.29. The minimum atomic E-state index is -0.313. The average Bonchev–Trinajstić information content (AvgIpc) is 3.13. The first-order chi connectivity index (χ1) is 10.6. The molecule has 0 spiro atoms. The van der Waals surface area contributed by atoms with Crippen molar-refractivity contribution in [1.29, 1.82) is 0 Å². The zero-order chi connectivity index (χ0) is 15.5. The van der Waals surface area contributed by atoms with E-state index in [0.29, 0.717) is 16.3 Å². The van der Waals surface area contributed by atoms with Crippen LogP contribution < -0.4 is 5.32 Å². The van der Waals surface area contributed by atoms with Crippen molar-refractivity contribution in [3.63, 3.8) is 0 Å². The molecule has 0 aliphatic carbocycles. The van der Waals surface area contributed by atoms with E-state index in [-0.39, 0.29) is 29.4 Å². The second kappa shape index (κ2) is 6.24. The number of nitrogens with one attached hydrogen (secondary N) is 1. The Hall–Kier alpha value is -2.26. The van der Waals surface area contributed by atoms with Gasteiger partial charge in [0, 0.05) is 5.56 Å². The number of nitrogens with zero attached hydrogens (tertiary/aromatic N) is 3. The Morgan fingerprint density at radius 2 is 2.23 bits per heavy atom. The van der Waals surface area contributed by atoms with E-state index >= 15 is 0 Å². The topological polar surface area (TPSA) is 92.3 Å². The molecule has 0 radical (unpaired) electrons. The lowest BCUT2D eigenvalue weighted by Gasteiger charge is -2.13. The van der Waals surface area contributed by atoms with Crippen LogP contribution in [0.1, 0.15) is 15.9 Å². The lowest BCUT2D eigenvalue weighted by atomic mass is 10.1. The number of hydrogen-bond acceptors (Lipinski definition) is 7. The van der Waals surface area contributed by atoms with Crippen LogP contribution in [0.4, 0.5) is 9.93 Å². The van der Waals surface area contributed by atoms with Gasteiger partial charge in [0.25, 0.3) is 11.1 Å². The van der Waals surface area contributed by atoms with E-state index in [1.165, 1.54) is 21.7 Å². The van der Waals surface area contributed by atoms with Gasteiger partial charge in [-0.25, -0.2) is 0 Å². The highest BCUT2D eigenvalue weighted by molar-refractivity contribution is 8.14. The summed E-state index contributed by atoms with van der Waals surface area (Å²) in [5.74, 6) is -0.346. The molecule has 1 aliphatic heterocycles. The van der Waals surface area contributed by atoms with E-state index in [1.807, 2.05) is 0 Å². The molecule has 1 saturated heterocycles. The molecule has 2 heterocycles. The molecule has 0 saturated carbocycles. The van der Waals surface area contributed by atoms with E-state index in [1.54, 1.807) is 24.3 Å². The first kappa shape index (κ1) is 14.7. The molecule has 3 amide bonds. The van der Waals surface area contributed by atoms with Crippen LogP contribution in [0.5, 0.6) is 0 Å². The smallest absolute Gasteiger partial charge is 0.289 e.